The number of carbonyl (C=O) groups excluding carboxylic acids is 1. The fourth-order valence-electron chi connectivity index (χ4n) is 1.82. The topological polar surface area (TPSA) is 59.5 Å². The molecule has 4 nitrogen and oxygen atoms in total. The van der Waals surface area contributed by atoms with Crippen LogP contribution in [0.4, 0.5) is 5.69 Å². The van der Waals surface area contributed by atoms with Crippen molar-refractivity contribution in [2.45, 2.75) is 13.5 Å². The number of anilines is 1. The average molecular weight is 279 g/mol. The van der Waals surface area contributed by atoms with Crippen LogP contribution in [0.5, 0.6) is 0 Å². The molecule has 0 radical (unpaired) electrons. The lowest BCUT2D eigenvalue weighted by atomic mass is 10.1. The molecule has 0 aliphatic rings. The molecule has 1 aromatic carbocycles. The van der Waals surface area contributed by atoms with Gasteiger partial charge in [-0.2, -0.15) is 0 Å². The molecule has 0 spiro atoms. The van der Waals surface area contributed by atoms with E-state index in [9.17, 15) is 4.79 Å². The number of halogens is 1. The first-order chi connectivity index (χ1) is 9.11. The van der Waals surface area contributed by atoms with Crippen LogP contribution in [0, 0.1) is 0 Å². The van der Waals surface area contributed by atoms with Crippen LogP contribution in [0.1, 0.15) is 23.0 Å². The van der Waals surface area contributed by atoms with Crippen LogP contribution in [0.15, 0.2) is 41.0 Å². The first-order valence-corrected chi connectivity index (χ1v) is 6.36. The number of nitrogens with zero attached hydrogens (tertiary/aromatic N) is 1. The third kappa shape index (κ3) is 3.09. The lowest BCUT2D eigenvalue weighted by molar-refractivity contribution is 0.0742. The van der Waals surface area contributed by atoms with Gasteiger partial charge in [-0.25, -0.2) is 0 Å². The van der Waals surface area contributed by atoms with Gasteiger partial charge in [0.25, 0.3) is 5.91 Å². The van der Waals surface area contributed by atoms with Gasteiger partial charge in [0.15, 0.2) is 0 Å². The molecule has 0 unspecified atom stereocenters. The summed E-state index contributed by atoms with van der Waals surface area (Å²) in [5, 5.41) is 0.517. The van der Waals surface area contributed by atoms with E-state index < -0.39 is 0 Å². The Balaban J connectivity index is 2.20. The fraction of sp³-hybridized carbons (Fsp3) is 0.214. The van der Waals surface area contributed by atoms with Gasteiger partial charge in [0.1, 0.15) is 5.76 Å². The molecule has 0 saturated carbocycles. The summed E-state index contributed by atoms with van der Waals surface area (Å²) < 4.78 is 5.25. The molecule has 0 atom stereocenters. The Labute approximate surface area is 116 Å². The SMILES string of the molecule is CCN(Cc1ccco1)C(=O)c1ccc(Cl)cc1N. The van der Waals surface area contributed by atoms with Gasteiger partial charge in [-0.15, -0.1) is 0 Å². The Hall–Kier alpha value is -1.94. The van der Waals surface area contributed by atoms with Crippen molar-refractivity contribution in [3.05, 3.63) is 52.9 Å². The normalized spacial score (nSPS) is 10.4. The Morgan fingerprint density at radius 1 is 1.42 bits per heavy atom. The van der Waals surface area contributed by atoms with Gasteiger partial charge < -0.3 is 15.1 Å². The molecule has 5 heteroatoms. The van der Waals surface area contributed by atoms with Gasteiger partial charge in [0.05, 0.1) is 18.4 Å². The largest absolute Gasteiger partial charge is 0.467 e. The van der Waals surface area contributed by atoms with E-state index in [0.29, 0.717) is 29.4 Å². The van der Waals surface area contributed by atoms with Crippen molar-refractivity contribution >= 4 is 23.2 Å². The molecular weight excluding hydrogens is 264 g/mol. The zero-order valence-corrected chi connectivity index (χ0v) is 11.4. The summed E-state index contributed by atoms with van der Waals surface area (Å²) >= 11 is 5.83. The predicted octanol–water partition coefficient (Wildman–Crippen LogP) is 3.18. The van der Waals surface area contributed by atoms with E-state index in [4.69, 9.17) is 21.8 Å². The molecule has 0 bridgehead atoms. The minimum Gasteiger partial charge on any atom is -0.467 e. The predicted molar refractivity (Wildman–Crippen MR) is 75.0 cm³/mol. The molecule has 0 saturated heterocycles. The molecule has 0 fully saturated rings. The molecule has 2 N–H and O–H groups in total. The van der Waals surface area contributed by atoms with Crippen LogP contribution >= 0.6 is 11.6 Å². The van der Waals surface area contributed by atoms with Crippen molar-refractivity contribution in [1.82, 2.24) is 4.90 Å². The van der Waals surface area contributed by atoms with Gasteiger partial charge >= 0.3 is 0 Å². The van der Waals surface area contributed by atoms with Crippen molar-refractivity contribution < 1.29 is 9.21 Å². The number of hydrogen-bond donors (Lipinski definition) is 1. The maximum absolute atomic E-state index is 12.4. The van der Waals surface area contributed by atoms with Crippen LogP contribution < -0.4 is 5.73 Å². The first kappa shape index (κ1) is 13.5. The van der Waals surface area contributed by atoms with Gasteiger partial charge in [0, 0.05) is 17.3 Å². The second kappa shape index (κ2) is 5.80. The van der Waals surface area contributed by atoms with Crippen LogP contribution in [-0.2, 0) is 6.54 Å². The number of furan rings is 1. The summed E-state index contributed by atoms with van der Waals surface area (Å²) in [6, 6.07) is 8.51. The van der Waals surface area contributed by atoms with Crippen LogP contribution in [0.3, 0.4) is 0 Å². The van der Waals surface area contributed by atoms with Crippen LogP contribution in [0.25, 0.3) is 0 Å². The zero-order valence-electron chi connectivity index (χ0n) is 10.6. The standard InChI is InChI=1S/C14H15ClN2O2/c1-2-17(9-11-4-3-7-19-11)14(18)12-6-5-10(15)8-13(12)16/h3-8H,2,9,16H2,1H3. The number of nitrogen functional groups attached to an aromatic ring is 1. The van der Waals surface area contributed by atoms with E-state index in [1.165, 1.54) is 0 Å². The third-order valence-electron chi connectivity index (χ3n) is 2.84. The summed E-state index contributed by atoms with van der Waals surface area (Å²) in [5.74, 6) is 0.607. The molecule has 1 aromatic heterocycles. The van der Waals surface area contributed by atoms with Crippen molar-refractivity contribution in [2.75, 3.05) is 12.3 Å². The molecule has 100 valence electrons. The van der Waals surface area contributed by atoms with E-state index in [2.05, 4.69) is 0 Å². The Bertz CT molecular complexity index is 567. The monoisotopic (exact) mass is 278 g/mol. The van der Waals surface area contributed by atoms with Gasteiger partial charge in [-0.1, -0.05) is 11.6 Å². The number of rotatable bonds is 4. The second-order valence-electron chi connectivity index (χ2n) is 4.13. The Morgan fingerprint density at radius 2 is 2.21 bits per heavy atom. The molecule has 0 aliphatic heterocycles. The summed E-state index contributed by atoms with van der Waals surface area (Å²) in [4.78, 5) is 14.1. The molecule has 1 amide bonds. The van der Waals surface area contributed by atoms with Crippen molar-refractivity contribution in [3.8, 4) is 0 Å². The lowest BCUT2D eigenvalue weighted by Gasteiger charge is -2.20. The quantitative estimate of drug-likeness (QED) is 0.874. The highest BCUT2D eigenvalue weighted by molar-refractivity contribution is 6.31. The van der Waals surface area contributed by atoms with Crippen molar-refractivity contribution in [2.24, 2.45) is 0 Å². The highest BCUT2D eigenvalue weighted by Crippen LogP contribution is 2.20. The van der Waals surface area contributed by atoms with E-state index >= 15 is 0 Å². The first-order valence-electron chi connectivity index (χ1n) is 5.98. The summed E-state index contributed by atoms with van der Waals surface area (Å²) in [5.41, 5.74) is 6.67. The number of hydrogen-bond acceptors (Lipinski definition) is 3. The number of benzene rings is 1. The highest BCUT2D eigenvalue weighted by Gasteiger charge is 2.18. The minimum absolute atomic E-state index is 0.131. The van der Waals surface area contributed by atoms with E-state index in [-0.39, 0.29) is 5.91 Å². The smallest absolute Gasteiger partial charge is 0.256 e. The van der Waals surface area contributed by atoms with E-state index in [1.54, 1.807) is 35.4 Å². The second-order valence-corrected chi connectivity index (χ2v) is 4.57. The molecule has 19 heavy (non-hydrogen) atoms. The fourth-order valence-corrected chi connectivity index (χ4v) is 2.00. The molecule has 0 aliphatic carbocycles. The van der Waals surface area contributed by atoms with Gasteiger partial charge in [-0.05, 0) is 37.3 Å². The third-order valence-corrected chi connectivity index (χ3v) is 3.07. The molecular formula is C14H15ClN2O2. The Morgan fingerprint density at radius 3 is 2.79 bits per heavy atom. The van der Waals surface area contributed by atoms with Crippen LogP contribution in [-0.4, -0.2) is 17.4 Å². The molecule has 1 heterocycles. The number of nitrogens with two attached hydrogens (primary N) is 1. The van der Waals surface area contributed by atoms with Crippen molar-refractivity contribution in [1.29, 1.82) is 0 Å². The lowest BCUT2D eigenvalue weighted by Crippen LogP contribution is -2.30. The average Bonchev–Trinajstić information content (AvgIpc) is 2.88. The van der Waals surface area contributed by atoms with E-state index in [1.807, 2.05) is 13.0 Å². The molecule has 2 rings (SSSR count). The maximum Gasteiger partial charge on any atom is 0.256 e. The summed E-state index contributed by atoms with van der Waals surface area (Å²) in [6.45, 7) is 2.90. The van der Waals surface area contributed by atoms with Crippen molar-refractivity contribution in [3.63, 3.8) is 0 Å². The maximum atomic E-state index is 12.4. The highest BCUT2D eigenvalue weighted by atomic mass is 35.5. The summed E-state index contributed by atoms with van der Waals surface area (Å²) in [6.07, 6.45) is 1.59. The van der Waals surface area contributed by atoms with Gasteiger partial charge in [-0.3, -0.25) is 4.79 Å². The minimum atomic E-state index is -0.131. The van der Waals surface area contributed by atoms with Crippen LogP contribution in [0.2, 0.25) is 5.02 Å². The molecule has 2 aromatic rings. The zero-order chi connectivity index (χ0) is 13.8. The van der Waals surface area contributed by atoms with E-state index in [0.717, 1.165) is 5.76 Å². The summed E-state index contributed by atoms with van der Waals surface area (Å²) in [7, 11) is 0. The van der Waals surface area contributed by atoms with Gasteiger partial charge in [0.2, 0.25) is 0 Å². The Kier molecular flexibility index (Phi) is 4.12. The number of carbonyl (C=O) groups is 1. The number of amides is 1.